The molecule has 3 saturated carbocycles. The molecule has 0 spiro atoms. The Morgan fingerprint density at radius 3 is 2.48 bits per heavy atom. The highest BCUT2D eigenvalue weighted by atomic mass is 15.0. The Labute approximate surface area is 127 Å². The fraction of sp³-hybridized carbons (Fsp3) is 0.556. The molecule has 1 aliphatic heterocycles. The molecule has 112 valence electrons. The van der Waals surface area contributed by atoms with Gasteiger partial charge in [-0.25, -0.2) is 4.99 Å². The maximum absolute atomic E-state index is 4.31. The zero-order valence-corrected chi connectivity index (χ0v) is 12.8. The third-order valence-electron chi connectivity index (χ3n) is 5.74. The van der Waals surface area contributed by atoms with Gasteiger partial charge in [-0.15, -0.1) is 6.58 Å². The maximum Gasteiger partial charge on any atom is 0.111 e. The number of allylic oxidation sites excluding steroid dienone is 2. The molecule has 0 aromatic carbocycles. The second-order valence-corrected chi connectivity index (χ2v) is 6.94. The van der Waals surface area contributed by atoms with Crippen LogP contribution in [0.15, 0.2) is 47.1 Å². The maximum atomic E-state index is 4.31. The lowest BCUT2D eigenvalue weighted by Gasteiger charge is -2.52. The predicted octanol–water partition coefficient (Wildman–Crippen LogP) is 3.66. The summed E-state index contributed by atoms with van der Waals surface area (Å²) < 4.78 is 0. The minimum absolute atomic E-state index is 0.441. The molecule has 3 nitrogen and oxygen atoms in total. The van der Waals surface area contributed by atoms with Crippen LogP contribution in [0.5, 0.6) is 0 Å². The van der Waals surface area contributed by atoms with E-state index in [2.05, 4.69) is 41.1 Å². The van der Waals surface area contributed by atoms with E-state index in [1.54, 1.807) is 6.34 Å². The zero-order chi connectivity index (χ0) is 14.9. The van der Waals surface area contributed by atoms with Gasteiger partial charge in [-0.1, -0.05) is 19.2 Å². The number of nitrogens with zero attached hydrogens (tertiary/aromatic N) is 2. The van der Waals surface area contributed by atoms with Crippen LogP contribution in [-0.4, -0.2) is 25.1 Å². The van der Waals surface area contributed by atoms with E-state index in [-0.39, 0.29) is 0 Å². The molecule has 3 aliphatic carbocycles. The Hall–Kier alpha value is -1.64. The zero-order valence-electron chi connectivity index (χ0n) is 12.8. The number of aliphatic imine (C=N–C) groups is 2. The van der Waals surface area contributed by atoms with Crippen LogP contribution in [-0.2, 0) is 0 Å². The van der Waals surface area contributed by atoms with Gasteiger partial charge in [0.2, 0.25) is 0 Å². The van der Waals surface area contributed by atoms with Crippen LogP contribution in [0.25, 0.3) is 0 Å². The van der Waals surface area contributed by atoms with E-state index in [0.29, 0.717) is 17.4 Å². The number of hydrogen-bond acceptors (Lipinski definition) is 3. The van der Waals surface area contributed by atoms with Gasteiger partial charge < -0.3 is 5.32 Å². The molecular formula is C18H25N3. The molecule has 1 N–H and O–H groups in total. The van der Waals surface area contributed by atoms with Gasteiger partial charge in [-0.2, -0.15) is 0 Å². The molecule has 0 atom stereocenters. The smallest absolute Gasteiger partial charge is 0.111 e. The van der Waals surface area contributed by atoms with E-state index in [0.717, 1.165) is 23.5 Å². The first kappa shape index (κ1) is 14.3. The van der Waals surface area contributed by atoms with Gasteiger partial charge in [0.25, 0.3) is 0 Å². The topological polar surface area (TPSA) is 36.8 Å². The molecule has 3 heteroatoms. The molecule has 2 bridgehead atoms. The first-order chi connectivity index (χ1) is 10.1. The first-order valence-corrected chi connectivity index (χ1v) is 7.89. The molecule has 0 aromatic rings. The second-order valence-electron chi connectivity index (χ2n) is 6.94. The van der Waals surface area contributed by atoms with Gasteiger partial charge in [-0.3, -0.25) is 4.99 Å². The summed E-state index contributed by atoms with van der Waals surface area (Å²) in [6, 6.07) is 0. The van der Waals surface area contributed by atoms with Crippen LogP contribution in [0.4, 0.5) is 0 Å². The lowest BCUT2D eigenvalue weighted by Crippen LogP contribution is -2.46. The van der Waals surface area contributed by atoms with Crippen molar-refractivity contribution in [2.45, 2.75) is 38.5 Å². The predicted molar refractivity (Wildman–Crippen MR) is 89.8 cm³/mol. The van der Waals surface area contributed by atoms with Crippen LogP contribution in [0.1, 0.15) is 38.5 Å². The lowest BCUT2D eigenvalue weighted by atomic mass is 9.54. The van der Waals surface area contributed by atoms with Gasteiger partial charge in [-0.05, 0) is 54.9 Å². The quantitative estimate of drug-likeness (QED) is 0.768. The summed E-state index contributed by atoms with van der Waals surface area (Å²) in [5, 5.41) is 3.53. The summed E-state index contributed by atoms with van der Waals surface area (Å²) >= 11 is 0. The standard InChI is InChI=1S/C18H25N3/c1-4-17-5-8-18(9-6-17,10-7-17)12-20-15(3)16-14(2)11-19-13-21-16/h4,13,20H,1-3,5-12H2. The normalized spacial score (nSPS) is 34.5. The van der Waals surface area contributed by atoms with Gasteiger partial charge in [0.1, 0.15) is 6.34 Å². The van der Waals surface area contributed by atoms with Crippen molar-refractivity contribution in [2.75, 3.05) is 13.1 Å². The highest BCUT2D eigenvalue weighted by Crippen LogP contribution is 2.57. The molecule has 4 aliphatic rings. The monoisotopic (exact) mass is 283 g/mol. The second kappa shape index (κ2) is 5.28. The Bertz CT molecular complexity index is 514. The highest BCUT2D eigenvalue weighted by Gasteiger charge is 2.46. The Balaban J connectivity index is 1.60. The van der Waals surface area contributed by atoms with Crippen molar-refractivity contribution < 1.29 is 0 Å². The number of fused-ring (bicyclic) bond motifs is 3. The van der Waals surface area contributed by atoms with Crippen LogP contribution >= 0.6 is 0 Å². The van der Waals surface area contributed by atoms with E-state index < -0.39 is 0 Å². The lowest BCUT2D eigenvalue weighted by molar-refractivity contribution is 0.0242. The third-order valence-corrected chi connectivity index (χ3v) is 5.74. The van der Waals surface area contributed by atoms with Crippen molar-refractivity contribution in [1.82, 2.24) is 5.32 Å². The van der Waals surface area contributed by atoms with E-state index >= 15 is 0 Å². The van der Waals surface area contributed by atoms with E-state index in [9.17, 15) is 0 Å². The summed E-state index contributed by atoms with van der Waals surface area (Å²) in [5.41, 5.74) is 3.61. The Morgan fingerprint density at radius 2 is 1.90 bits per heavy atom. The molecule has 0 amide bonds. The minimum Gasteiger partial charge on any atom is -0.383 e. The van der Waals surface area contributed by atoms with Crippen molar-refractivity contribution in [1.29, 1.82) is 0 Å². The van der Waals surface area contributed by atoms with Crippen molar-refractivity contribution in [3.63, 3.8) is 0 Å². The Kier molecular flexibility index (Phi) is 3.60. The fourth-order valence-corrected chi connectivity index (χ4v) is 3.95. The van der Waals surface area contributed by atoms with Crippen LogP contribution in [0, 0.1) is 10.8 Å². The van der Waals surface area contributed by atoms with Crippen LogP contribution in [0.3, 0.4) is 0 Å². The average molecular weight is 283 g/mol. The summed E-state index contributed by atoms with van der Waals surface area (Å²) in [7, 11) is 0. The summed E-state index contributed by atoms with van der Waals surface area (Å²) in [5.74, 6) is 0. The third kappa shape index (κ3) is 2.61. The van der Waals surface area contributed by atoms with Gasteiger partial charge in [0.15, 0.2) is 0 Å². The van der Waals surface area contributed by atoms with Gasteiger partial charge in [0, 0.05) is 6.54 Å². The number of nitrogens with one attached hydrogen (secondary N) is 1. The molecule has 21 heavy (non-hydrogen) atoms. The van der Waals surface area contributed by atoms with E-state index in [1.165, 1.54) is 38.5 Å². The SMILES string of the molecule is C=CC12CCC(CNC(=C)C3=NC=NCC3=C)(CC1)CC2. The summed E-state index contributed by atoms with van der Waals surface area (Å²) in [6.07, 6.45) is 11.6. The molecule has 0 aromatic heterocycles. The molecule has 4 rings (SSSR count). The van der Waals surface area contributed by atoms with E-state index in [4.69, 9.17) is 0 Å². The molecule has 0 saturated heterocycles. The van der Waals surface area contributed by atoms with Crippen LogP contribution < -0.4 is 5.32 Å². The molecule has 0 radical (unpaired) electrons. The highest BCUT2D eigenvalue weighted by molar-refractivity contribution is 6.15. The van der Waals surface area contributed by atoms with Gasteiger partial charge >= 0.3 is 0 Å². The van der Waals surface area contributed by atoms with Crippen molar-refractivity contribution in [3.8, 4) is 0 Å². The van der Waals surface area contributed by atoms with Crippen LogP contribution in [0.2, 0.25) is 0 Å². The average Bonchev–Trinajstić information content (AvgIpc) is 2.55. The van der Waals surface area contributed by atoms with Crippen molar-refractivity contribution in [2.24, 2.45) is 20.8 Å². The van der Waals surface area contributed by atoms with Gasteiger partial charge in [0.05, 0.1) is 18.0 Å². The Morgan fingerprint density at radius 1 is 1.24 bits per heavy atom. The summed E-state index contributed by atoms with van der Waals surface area (Å²) in [6.45, 7) is 13.8. The first-order valence-electron chi connectivity index (χ1n) is 7.89. The fourth-order valence-electron chi connectivity index (χ4n) is 3.95. The van der Waals surface area contributed by atoms with E-state index in [1.807, 2.05) is 0 Å². The molecular weight excluding hydrogens is 258 g/mol. The molecule has 1 heterocycles. The summed E-state index contributed by atoms with van der Waals surface area (Å²) in [4.78, 5) is 8.41. The van der Waals surface area contributed by atoms with Crippen molar-refractivity contribution in [3.05, 3.63) is 37.1 Å². The minimum atomic E-state index is 0.441. The number of rotatable bonds is 5. The number of hydrogen-bond donors (Lipinski definition) is 1. The van der Waals surface area contributed by atoms with Crippen molar-refractivity contribution >= 4 is 12.1 Å². The largest absolute Gasteiger partial charge is 0.383 e. The molecule has 0 unspecified atom stereocenters. The molecule has 3 fully saturated rings.